The maximum atomic E-state index is 5.00. The van der Waals surface area contributed by atoms with Gasteiger partial charge >= 0.3 is 0 Å². The zero-order valence-electron chi connectivity index (χ0n) is 5.66. The minimum Gasteiger partial charge on any atom is -0.432 e. The van der Waals surface area contributed by atoms with Crippen LogP contribution in [-0.2, 0) is 0 Å². The van der Waals surface area contributed by atoms with Gasteiger partial charge in [0.1, 0.15) is 6.26 Å². The summed E-state index contributed by atoms with van der Waals surface area (Å²) < 4.78 is 5.00. The molecule has 0 saturated heterocycles. The van der Waals surface area contributed by atoms with Crippen molar-refractivity contribution in [2.24, 2.45) is 0 Å². The molecule has 1 heterocycles. The van der Waals surface area contributed by atoms with Gasteiger partial charge in [0.15, 0.2) is 0 Å². The topological polar surface area (TPSA) is 29.3 Å². The van der Waals surface area contributed by atoms with E-state index >= 15 is 0 Å². The Balaban J connectivity index is 2.65. The molecule has 0 atom stereocenters. The van der Waals surface area contributed by atoms with Gasteiger partial charge in [-0.05, 0) is 6.92 Å². The van der Waals surface area contributed by atoms with Gasteiger partial charge in [0.25, 0.3) is 6.01 Å². The van der Waals surface area contributed by atoms with Crippen LogP contribution in [0.3, 0.4) is 0 Å². The van der Waals surface area contributed by atoms with E-state index in [4.69, 9.17) is 4.42 Å². The first-order chi connectivity index (χ1) is 4.34. The Labute approximate surface area is 54.3 Å². The Morgan fingerprint density at radius 1 is 1.78 bits per heavy atom. The number of oxazole rings is 1. The Morgan fingerprint density at radius 2 is 2.56 bits per heavy atom. The third-order valence-corrected chi connectivity index (χ3v) is 1.22. The second-order valence-corrected chi connectivity index (χ2v) is 1.83. The highest BCUT2D eigenvalue weighted by Crippen LogP contribution is 2.05. The molecule has 3 nitrogen and oxygen atoms in total. The molecule has 0 fully saturated rings. The normalized spacial score (nSPS) is 9.56. The molecule has 0 spiro atoms. The molecule has 0 bridgehead atoms. The van der Waals surface area contributed by atoms with E-state index in [2.05, 4.69) is 4.98 Å². The third-order valence-electron chi connectivity index (χ3n) is 1.22. The van der Waals surface area contributed by atoms with Crippen molar-refractivity contribution in [2.75, 3.05) is 18.5 Å². The SMILES string of the molecule is CCN(C)c1ncco1. The molecule has 0 N–H and O–H groups in total. The van der Waals surface area contributed by atoms with Crippen LogP contribution in [0.15, 0.2) is 16.9 Å². The first kappa shape index (κ1) is 6.13. The molecule has 9 heavy (non-hydrogen) atoms. The Morgan fingerprint density at radius 3 is 3.00 bits per heavy atom. The molecule has 3 heteroatoms. The van der Waals surface area contributed by atoms with Gasteiger partial charge in [-0.1, -0.05) is 0 Å². The first-order valence-corrected chi connectivity index (χ1v) is 2.95. The van der Waals surface area contributed by atoms with Crippen LogP contribution < -0.4 is 4.90 Å². The number of anilines is 1. The summed E-state index contributed by atoms with van der Waals surface area (Å²) in [6.07, 6.45) is 3.21. The maximum absolute atomic E-state index is 5.00. The summed E-state index contributed by atoms with van der Waals surface area (Å²) in [7, 11) is 1.94. The molecular formula is C6H10N2O. The Bertz CT molecular complexity index is 160. The van der Waals surface area contributed by atoms with Crippen molar-refractivity contribution >= 4 is 6.01 Å². The van der Waals surface area contributed by atoms with Gasteiger partial charge in [-0.15, -0.1) is 0 Å². The summed E-state index contributed by atoms with van der Waals surface area (Å²) >= 11 is 0. The molecular weight excluding hydrogens is 116 g/mol. The van der Waals surface area contributed by atoms with Gasteiger partial charge < -0.3 is 9.32 Å². The second kappa shape index (κ2) is 2.53. The van der Waals surface area contributed by atoms with Crippen LogP contribution in [-0.4, -0.2) is 18.6 Å². The highest BCUT2D eigenvalue weighted by Gasteiger charge is 1.99. The third kappa shape index (κ3) is 1.22. The average Bonchev–Trinajstić information content (AvgIpc) is 2.37. The van der Waals surface area contributed by atoms with Gasteiger partial charge in [-0.2, -0.15) is 0 Å². The first-order valence-electron chi connectivity index (χ1n) is 2.95. The minimum absolute atomic E-state index is 0.678. The fourth-order valence-corrected chi connectivity index (χ4v) is 0.540. The standard InChI is InChI=1S/C6H10N2O/c1-3-8(2)6-7-4-5-9-6/h4-5H,3H2,1-2H3. The lowest BCUT2D eigenvalue weighted by molar-refractivity contribution is 0.549. The lowest BCUT2D eigenvalue weighted by Gasteiger charge is -2.08. The van der Waals surface area contributed by atoms with Crippen LogP contribution in [0.2, 0.25) is 0 Å². The highest BCUT2D eigenvalue weighted by atomic mass is 16.4. The monoisotopic (exact) mass is 126 g/mol. The molecule has 0 saturated carbocycles. The van der Waals surface area contributed by atoms with Crippen LogP contribution in [0.4, 0.5) is 6.01 Å². The largest absolute Gasteiger partial charge is 0.432 e. The van der Waals surface area contributed by atoms with E-state index < -0.39 is 0 Å². The van der Waals surface area contributed by atoms with Gasteiger partial charge in [-0.25, -0.2) is 4.98 Å². The summed E-state index contributed by atoms with van der Waals surface area (Å²) in [5, 5.41) is 0. The van der Waals surface area contributed by atoms with Gasteiger partial charge in [-0.3, -0.25) is 0 Å². The quantitative estimate of drug-likeness (QED) is 0.594. The number of hydrogen-bond acceptors (Lipinski definition) is 3. The summed E-state index contributed by atoms with van der Waals surface area (Å²) in [5.74, 6) is 0. The van der Waals surface area contributed by atoms with E-state index in [0.29, 0.717) is 6.01 Å². The van der Waals surface area contributed by atoms with Crippen molar-refractivity contribution in [1.82, 2.24) is 4.98 Å². The van der Waals surface area contributed by atoms with Crippen molar-refractivity contribution in [3.63, 3.8) is 0 Å². The second-order valence-electron chi connectivity index (χ2n) is 1.83. The smallest absolute Gasteiger partial charge is 0.296 e. The fraction of sp³-hybridized carbons (Fsp3) is 0.500. The molecule has 0 unspecified atom stereocenters. The lowest BCUT2D eigenvalue weighted by atomic mass is 10.7. The van der Waals surface area contributed by atoms with Crippen LogP contribution in [0.5, 0.6) is 0 Å². The molecule has 1 rings (SSSR count). The van der Waals surface area contributed by atoms with Gasteiger partial charge in [0.2, 0.25) is 0 Å². The van der Waals surface area contributed by atoms with Crippen molar-refractivity contribution < 1.29 is 4.42 Å². The van der Waals surface area contributed by atoms with E-state index in [1.54, 1.807) is 12.5 Å². The number of nitrogens with zero attached hydrogens (tertiary/aromatic N) is 2. The Kier molecular flexibility index (Phi) is 1.72. The average molecular weight is 126 g/mol. The van der Waals surface area contributed by atoms with Gasteiger partial charge in [0, 0.05) is 13.6 Å². The predicted octanol–water partition coefficient (Wildman–Crippen LogP) is 1.13. The van der Waals surface area contributed by atoms with Crippen molar-refractivity contribution in [3.8, 4) is 0 Å². The minimum atomic E-state index is 0.678. The highest BCUT2D eigenvalue weighted by molar-refractivity contribution is 5.21. The Hall–Kier alpha value is -0.990. The predicted molar refractivity (Wildman–Crippen MR) is 35.4 cm³/mol. The summed E-state index contributed by atoms with van der Waals surface area (Å²) in [4.78, 5) is 5.88. The van der Waals surface area contributed by atoms with E-state index in [-0.39, 0.29) is 0 Å². The molecule has 0 amide bonds. The van der Waals surface area contributed by atoms with E-state index in [9.17, 15) is 0 Å². The molecule has 0 aliphatic carbocycles. The molecule has 0 aromatic carbocycles. The van der Waals surface area contributed by atoms with Crippen LogP contribution in [0.25, 0.3) is 0 Å². The molecule has 0 aliphatic heterocycles. The van der Waals surface area contributed by atoms with Crippen LogP contribution in [0, 0.1) is 0 Å². The van der Waals surface area contributed by atoms with Crippen molar-refractivity contribution in [2.45, 2.75) is 6.92 Å². The lowest BCUT2D eigenvalue weighted by Crippen LogP contribution is -2.15. The molecule has 0 aliphatic rings. The molecule has 50 valence electrons. The maximum Gasteiger partial charge on any atom is 0.296 e. The molecule has 0 radical (unpaired) electrons. The number of hydrogen-bond donors (Lipinski definition) is 0. The number of rotatable bonds is 2. The summed E-state index contributed by atoms with van der Waals surface area (Å²) in [5.41, 5.74) is 0. The zero-order chi connectivity index (χ0) is 6.69. The number of aromatic nitrogens is 1. The van der Waals surface area contributed by atoms with E-state index in [1.807, 2.05) is 18.9 Å². The van der Waals surface area contributed by atoms with Crippen LogP contribution >= 0.6 is 0 Å². The fourth-order valence-electron chi connectivity index (χ4n) is 0.540. The summed E-state index contributed by atoms with van der Waals surface area (Å²) in [6.45, 7) is 2.96. The molecule has 1 aromatic heterocycles. The van der Waals surface area contributed by atoms with E-state index in [1.165, 1.54) is 0 Å². The van der Waals surface area contributed by atoms with Crippen molar-refractivity contribution in [1.29, 1.82) is 0 Å². The van der Waals surface area contributed by atoms with Crippen LogP contribution in [0.1, 0.15) is 6.92 Å². The summed E-state index contributed by atoms with van der Waals surface area (Å²) in [6, 6.07) is 0.678. The zero-order valence-corrected chi connectivity index (χ0v) is 5.66. The van der Waals surface area contributed by atoms with E-state index in [0.717, 1.165) is 6.54 Å². The van der Waals surface area contributed by atoms with Crippen molar-refractivity contribution in [3.05, 3.63) is 12.5 Å². The molecule has 1 aromatic rings. The van der Waals surface area contributed by atoms with Gasteiger partial charge in [0.05, 0.1) is 6.20 Å².